The van der Waals surface area contributed by atoms with Crippen LogP contribution >= 0.6 is 0 Å². The van der Waals surface area contributed by atoms with Gasteiger partial charge in [-0.1, -0.05) is 6.08 Å². The van der Waals surface area contributed by atoms with Crippen molar-refractivity contribution in [2.45, 2.75) is 42.8 Å². The summed E-state index contributed by atoms with van der Waals surface area (Å²) < 4.78 is 44.5. The lowest BCUT2D eigenvalue weighted by atomic mass is 10.1. The molecule has 0 aliphatic carbocycles. The average Bonchev–Trinajstić information content (AvgIpc) is 2.52. The van der Waals surface area contributed by atoms with Crippen molar-refractivity contribution in [2.75, 3.05) is 6.61 Å². The number of halogens is 1. The summed E-state index contributed by atoms with van der Waals surface area (Å²) >= 11 is 0. The van der Waals surface area contributed by atoms with E-state index in [2.05, 4.69) is 21.3 Å². The Morgan fingerprint density at radius 2 is 2.05 bits per heavy atom. The molecule has 22 heavy (non-hydrogen) atoms. The first kappa shape index (κ1) is 18.2. The van der Waals surface area contributed by atoms with Crippen LogP contribution in [0.1, 0.15) is 32.6 Å². The van der Waals surface area contributed by atoms with Gasteiger partial charge >= 0.3 is 11.0 Å². The molecule has 0 spiro atoms. The van der Waals surface area contributed by atoms with Crippen LogP contribution in [0.3, 0.4) is 0 Å². The number of sulfone groups is 1. The van der Waals surface area contributed by atoms with Gasteiger partial charge in [0.25, 0.3) is 15.0 Å². The van der Waals surface area contributed by atoms with Crippen LogP contribution in [-0.2, 0) is 19.4 Å². The number of nitrogens with zero attached hydrogens (tertiary/aromatic N) is 2. The Bertz CT molecular complexity index is 607. The molecule has 0 aromatic carbocycles. The number of esters is 1. The highest BCUT2D eigenvalue weighted by Gasteiger charge is 2.54. The molecule has 0 radical (unpaired) electrons. The van der Waals surface area contributed by atoms with Gasteiger partial charge in [0.15, 0.2) is 0 Å². The number of hydrogen-bond donors (Lipinski definition) is 0. The Labute approximate surface area is 129 Å². The van der Waals surface area contributed by atoms with Crippen molar-refractivity contribution in [2.24, 2.45) is 0 Å². The van der Waals surface area contributed by atoms with Crippen molar-refractivity contribution in [3.8, 4) is 0 Å². The third-order valence-electron chi connectivity index (χ3n) is 2.95. The minimum Gasteiger partial charge on any atom is -0.463 e. The van der Waals surface area contributed by atoms with Crippen LogP contribution in [0, 0.1) is 0 Å². The maximum absolute atomic E-state index is 15.1. The fraction of sp³-hybridized carbons (Fsp3) is 0.500. The number of unbranched alkanes of at least 4 members (excludes halogenated alkanes) is 2. The Hall–Kier alpha value is -1.83. The third-order valence-corrected chi connectivity index (χ3v) is 4.86. The van der Waals surface area contributed by atoms with Crippen molar-refractivity contribution >= 4 is 15.8 Å². The molecule has 6 nitrogen and oxygen atoms in total. The van der Waals surface area contributed by atoms with E-state index >= 15 is 4.39 Å². The summed E-state index contributed by atoms with van der Waals surface area (Å²) in [5.74, 6) is -1.43. The van der Waals surface area contributed by atoms with E-state index in [0.717, 1.165) is 0 Å². The Kier molecular flexibility index (Phi) is 6.61. The van der Waals surface area contributed by atoms with Crippen molar-refractivity contribution in [1.29, 1.82) is 0 Å². The van der Waals surface area contributed by atoms with E-state index in [4.69, 9.17) is 0 Å². The van der Waals surface area contributed by atoms with Gasteiger partial charge in [-0.3, -0.25) is 0 Å². The molecule has 1 heterocycles. The van der Waals surface area contributed by atoms with E-state index in [1.54, 1.807) is 6.08 Å². The van der Waals surface area contributed by atoms with Crippen LogP contribution in [0.15, 0.2) is 36.3 Å². The first-order valence-electron chi connectivity index (χ1n) is 6.88. The summed E-state index contributed by atoms with van der Waals surface area (Å²) in [5.41, 5.74) is 0. The second-order valence-corrected chi connectivity index (χ2v) is 6.54. The summed E-state index contributed by atoms with van der Waals surface area (Å²) in [6.07, 6.45) is 4.76. The quantitative estimate of drug-likeness (QED) is 0.299. The number of aromatic nitrogens is 2. The van der Waals surface area contributed by atoms with Crippen molar-refractivity contribution in [3.05, 3.63) is 31.1 Å². The highest BCUT2D eigenvalue weighted by atomic mass is 32.2. The van der Waals surface area contributed by atoms with Gasteiger partial charge in [0, 0.05) is 18.8 Å². The molecule has 1 atom stereocenters. The maximum Gasteiger partial charge on any atom is 0.360 e. The van der Waals surface area contributed by atoms with Crippen LogP contribution in [0.4, 0.5) is 4.39 Å². The van der Waals surface area contributed by atoms with E-state index in [-0.39, 0.29) is 13.0 Å². The van der Waals surface area contributed by atoms with E-state index in [1.807, 2.05) is 0 Å². The van der Waals surface area contributed by atoms with Crippen LogP contribution < -0.4 is 0 Å². The molecule has 0 bridgehead atoms. The second-order valence-electron chi connectivity index (χ2n) is 4.52. The first-order chi connectivity index (χ1) is 10.4. The van der Waals surface area contributed by atoms with Gasteiger partial charge in [0.05, 0.1) is 6.61 Å². The Balaban J connectivity index is 3.13. The molecule has 122 valence electrons. The normalized spacial score (nSPS) is 14.1. The van der Waals surface area contributed by atoms with Crippen molar-refractivity contribution in [1.82, 2.24) is 9.97 Å². The summed E-state index contributed by atoms with van der Waals surface area (Å²) in [6.45, 7) is 4.88. The van der Waals surface area contributed by atoms with Crippen molar-refractivity contribution in [3.63, 3.8) is 0 Å². The monoisotopic (exact) mass is 330 g/mol. The number of allylic oxidation sites excluding steroid dienone is 1. The number of hydrogen-bond acceptors (Lipinski definition) is 6. The average molecular weight is 330 g/mol. The highest BCUT2D eigenvalue weighted by molar-refractivity contribution is 7.93. The van der Waals surface area contributed by atoms with Crippen LogP contribution in [0.2, 0.25) is 0 Å². The zero-order valence-corrected chi connectivity index (χ0v) is 13.2. The van der Waals surface area contributed by atoms with Gasteiger partial charge in [-0.05, 0) is 32.3 Å². The SMILES string of the molecule is C=CCCCCC(F)(C(=O)OCC)S(=O)(=O)c1ncccn1. The second kappa shape index (κ2) is 7.98. The maximum atomic E-state index is 15.1. The lowest BCUT2D eigenvalue weighted by Gasteiger charge is -2.22. The molecule has 1 aromatic rings. The molecule has 0 aliphatic heterocycles. The number of carbonyl (C=O) groups excluding carboxylic acids is 1. The number of carbonyl (C=O) groups is 1. The van der Waals surface area contributed by atoms with Gasteiger partial charge < -0.3 is 4.74 Å². The summed E-state index contributed by atoms with van der Waals surface area (Å²) in [4.78, 5) is 19.0. The summed E-state index contributed by atoms with van der Waals surface area (Å²) in [7, 11) is -4.70. The lowest BCUT2D eigenvalue weighted by Crippen LogP contribution is -2.44. The van der Waals surface area contributed by atoms with Gasteiger partial charge in [-0.25, -0.2) is 27.6 Å². The van der Waals surface area contributed by atoms with Crippen LogP contribution in [0.5, 0.6) is 0 Å². The first-order valence-corrected chi connectivity index (χ1v) is 8.37. The van der Waals surface area contributed by atoms with E-state index in [1.165, 1.54) is 25.4 Å². The number of alkyl halides is 1. The molecule has 0 aliphatic rings. The largest absolute Gasteiger partial charge is 0.463 e. The smallest absolute Gasteiger partial charge is 0.360 e. The topological polar surface area (TPSA) is 86.2 Å². The molecule has 0 amide bonds. The Morgan fingerprint density at radius 1 is 1.41 bits per heavy atom. The van der Waals surface area contributed by atoms with E-state index < -0.39 is 32.4 Å². The fourth-order valence-corrected chi connectivity index (χ4v) is 3.17. The predicted octanol–water partition coefficient (Wildman–Crippen LogP) is 2.23. The van der Waals surface area contributed by atoms with E-state index in [0.29, 0.717) is 12.8 Å². The van der Waals surface area contributed by atoms with Crippen LogP contribution in [0.25, 0.3) is 0 Å². The Morgan fingerprint density at radius 3 is 2.59 bits per heavy atom. The molecule has 0 N–H and O–H groups in total. The lowest BCUT2D eigenvalue weighted by molar-refractivity contribution is -0.152. The zero-order valence-electron chi connectivity index (χ0n) is 12.4. The molecular formula is C14H19FN2O4S. The minimum absolute atomic E-state index is 0.123. The fourth-order valence-electron chi connectivity index (χ4n) is 1.79. The van der Waals surface area contributed by atoms with E-state index in [9.17, 15) is 13.2 Å². The molecule has 0 fully saturated rings. The molecule has 0 saturated heterocycles. The molecular weight excluding hydrogens is 311 g/mol. The number of ether oxygens (including phenoxy) is 1. The van der Waals surface area contributed by atoms with Gasteiger partial charge in [0.2, 0.25) is 0 Å². The van der Waals surface area contributed by atoms with Gasteiger partial charge in [-0.2, -0.15) is 0 Å². The zero-order chi connectivity index (χ0) is 16.6. The predicted molar refractivity (Wildman–Crippen MR) is 78.4 cm³/mol. The summed E-state index contributed by atoms with van der Waals surface area (Å²) in [6, 6.07) is 1.40. The molecule has 1 unspecified atom stereocenters. The van der Waals surface area contributed by atoms with Crippen LogP contribution in [-0.4, -0.2) is 36.0 Å². The molecule has 0 saturated carbocycles. The molecule has 8 heteroatoms. The highest BCUT2D eigenvalue weighted by Crippen LogP contribution is 2.32. The standard InChI is InChI=1S/C14H19FN2O4S/c1-3-5-6-7-9-14(15,12(18)21-4-2)22(19,20)13-16-10-8-11-17-13/h3,8,10-11H,1,4-7,9H2,2H3. The van der Waals surface area contributed by atoms with Crippen molar-refractivity contribution < 1.29 is 22.3 Å². The number of rotatable bonds is 9. The molecule has 1 rings (SSSR count). The molecule has 1 aromatic heterocycles. The minimum atomic E-state index is -4.70. The van der Waals surface area contributed by atoms with Gasteiger partial charge in [0.1, 0.15) is 0 Å². The third kappa shape index (κ3) is 3.88. The summed E-state index contributed by atoms with van der Waals surface area (Å²) in [5, 5.41) is -3.92. The van der Waals surface area contributed by atoms with Gasteiger partial charge in [-0.15, -0.1) is 6.58 Å².